The second-order valence-corrected chi connectivity index (χ2v) is 1.70. The van der Waals surface area contributed by atoms with Gasteiger partial charge in [0, 0.05) is 7.05 Å². The van der Waals surface area contributed by atoms with Crippen LogP contribution in [-0.4, -0.2) is 18.4 Å². The van der Waals surface area contributed by atoms with Gasteiger partial charge in [0.1, 0.15) is 0 Å². The molecule has 1 rings (SSSR count). The van der Waals surface area contributed by atoms with Crippen molar-refractivity contribution in [1.82, 2.24) is 10.2 Å². The van der Waals surface area contributed by atoms with Gasteiger partial charge in [0.25, 0.3) is 6.42 Å². The van der Waals surface area contributed by atoms with Crippen molar-refractivity contribution in [3.63, 3.8) is 0 Å². The lowest BCUT2D eigenvalue weighted by atomic mass is 10.8. The molecule has 1 aliphatic rings. The van der Waals surface area contributed by atoms with Gasteiger partial charge in [-0.1, -0.05) is 0 Å². The number of alkyl halides is 1. The Bertz CT molecular complexity index is 156. The molecule has 1 unspecified atom stereocenters. The predicted octanol–water partition coefficient (Wildman–Crippen LogP) is 0.840. The van der Waals surface area contributed by atoms with Gasteiger partial charge < -0.3 is 10.2 Å². The summed E-state index contributed by atoms with van der Waals surface area (Å²) in [7, 11) is 1.11. The summed E-state index contributed by atoms with van der Waals surface area (Å²) in [6, 6.07) is 0. The molecule has 0 aliphatic carbocycles. The molecule has 0 aromatic carbocycles. The highest BCUT2D eigenvalue weighted by Crippen LogP contribution is 2.19. The van der Waals surface area contributed by atoms with Crippen molar-refractivity contribution in [1.29, 1.82) is 0 Å². The van der Waals surface area contributed by atoms with Crippen molar-refractivity contribution in [2.45, 2.75) is 6.42 Å². The van der Waals surface area contributed by atoms with E-state index in [1.165, 1.54) is 0 Å². The Morgan fingerprint density at radius 2 is 2.11 bits per heavy atom. The molecule has 0 spiro atoms. The minimum absolute atomic E-state index is 0.523. The van der Waals surface area contributed by atoms with Crippen LogP contribution in [0.15, 0.2) is 11.9 Å². The topological polar surface area (TPSA) is 15.3 Å². The third-order valence-corrected chi connectivity index (χ3v) is 1.08. The molecule has 0 saturated carbocycles. The molecule has 0 radical (unpaired) electrons. The largest absolute Gasteiger partial charge is 0.311 e. The van der Waals surface area contributed by atoms with Gasteiger partial charge in [0.05, 0.1) is 0 Å². The average Bonchev–Trinajstić information content (AvgIpc) is 1.98. The molecule has 0 bridgehead atoms. The maximum atomic E-state index is 12.1. The maximum absolute atomic E-state index is 12.1. The fourth-order valence-corrected chi connectivity index (χ4v) is 0.515. The van der Waals surface area contributed by atoms with Crippen LogP contribution in [0.2, 0.25) is 0 Å². The second kappa shape index (κ2) is 1.82. The fourth-order valence-electron chi connectivity index (χ4n) is 0.515. The molecule has 1 heterocycles. The Labute approximate surface area is 49.9 Å². The SMILES string of the molecule is CN1C(F)=C(F)NC1F. The zero-order valence-corrected chi connectivity index (χ0v) is 4.66. The third-order valence-electron chi connectivity index (χ3n) is 1.08. The monoisotopic (exact) mass is 138 g/mol. The highest BCUT2D eigenvalue weighted by molar-refractivity contribution is 5.03. The molecule has 1 aliphatic heterocycles. The van der Waals surface area contributed by atoms with E-state index < -0.39 is 18.3 Å². The Morgan fingerprint density at radius 3 is 2.22 bits per heavy atom. The molecule has 1 N–H and O–H groups in total. The first-order valence-electron chi connectivity index (χ1n) is 2.31. The van der Waals surface area contributed by atoms with Crippen molar-refractivity contribution in [2.75, 3.05) is 7.05 Å². The molecule has 0 fully saturated rings. The van der Waals surface area contributed by atoms with E-state index in [0.717, 1.165) is 7.05 Å². The van der Waals surface area contributed by atoms with Crippen LogP contribution < -0.4 is 5.32 Å². The number of halogens is 3. The van der Waals surface area contributed by atoms with Crippen LogP contribution in [0.4, 0.5) is 13.2 Å². The van der Waals surface area contributed by atoms with Crippen molar-refractivity contribution in [3.05, 3.63) is 11.9 Å². The van der Waals surface area contributed by atoms with Crippen LogP contribution in [-0.2, 0) is 0 Å². The zero-order valence-electron chi connectivity index (χ0n) is 4.66. The van der Waals surface area contributed by atoms with Crippen molar-refractivity contribution >= 4 is 0 Å². The van der Waals surface area contributed by atoms with E-state index in [-0.39, 0.29) is 0 Å². The van der Waals surface area contributed by atoms with Gasteiger partial charge >= 0.3 is 0 Å². The van der Waals surface area contributed by atoms with Gasteiger partial charge in [-0.3, -0.25) is 0 Å². The van der Waals surface area contributed by atoms with Gasteiger partial charge in [-0.2, -0.15) is 13.2 Å². The highest BCUT2D eigenvalue weighted by atomic mass is 19.2. The quantitative estimate of drug-likeness (QED) is 0.499. The summed E-state index contributed by atoms with van der Waals surface area (Å²) in [5.41, 5.74) is 0. The van der Waals surface area contributed by atoms with Crippen LogP contribution in [0.1, 0.15) is 0 Å². The Morgan fingerprint density at radius 1 is 1.56 bits per heavy atom. The third kappa shape index (κ3) is 0.820. The summed E-state index contributed by atoms with van der Waals surface area (Å²) in [6.45, 7) is 0. The first kappa shape index (κ1) is 6.25. The summed E-state index contributed by atoms with van der Waals surface area (Å²) < 4.78 is 36.1. The Balaban J connectivity index is 2.74. The molecular weight excluding hydrogens is 133 g/mol. The lowest BCUT2D eigenvalue weighted by molar-refractivity contribution is 0.123. The molecular formula is C4H5F3N2. The second-order valence-electron chi connectivity index (χ2n) is 1.70. The van der Waals surface area contributed by atoms with Crippen LogP contribution in [0.3, 0.4) is 0 Å². The van der Waals surface area contributed by atoms with E-state index in [0.29, 0.717) is 4.90 Å². The van der Waals surface area contributed by atoms with E-state index in [1.807, 2.05) is 0 Å². The molecule has 5 heteroatoms. The minimum Gasteiger partial charge on any atom is -0.311 e. The van der Waals surface area contributed by atoms with Crippen molar-refractivity contribution < 1.29 is 13.2 Å². The smallest absolute Gasteiger partial charge is 0.250 e. The minimum atomic E-state index is -1.77. The van der Waals surface area contributed by atoms with Crippen molar-refractivity contribution in [2.24, 2.45) is 0 Å². The number of hydrogen-bond acceptors (Lipinski definition) is 2. The normalized spacial score (nSPS) is 27.1. The summed E-state index contributed by atoms with van der Waals surface area (Å²) in [4.78, 5) is 0.523. The average molecular weight is 138 g/mol. The van der Waals surface area contributed by atoms with Crippen LogP contribution in [0, 0.1) is 0 Å². The standard InChI is InChI=1S/C4H5F3N2/c1-9-3(6)2(5)8-4(9)7/h4,8H,1H3. The molecule has 0 amide bonds. The zero-order chi connectivity index (χ0) is 7.02. The lowest BCUT2D eigenvalue weighted by Gasteiger charge is -2.11. The molecule has 1 atom stereocenters. The first-order valence-corrected chi connectivity index (χ1v) is 2.31. The van der Waals surface area contributed by atoms with Crippen LogP contribution in [0.5, 0.6) is 0 Å². The predicted molar refractivity (Wildman–Crippen MR) is 25.0 cm³/mol. The number of nitrogens with one attached hydrogen (secondary N) is 1. The fraction of sp³-hybridized carbons (Fsp3) is 0.500. The van der Waals surface area contributed by atoms with Gasteiger partial charge in [0.2, 0.25) is 11.9 Å². The highest BCUT2D eigenvalue weighted by Gasteiger charge is 2.28. The first-order chi connectivity index (χ1) is 4.13. The lowest BCUT2D eigenvalue weighted by Crippen LogP contribution is -2.28. The number of hydrogen-bond donors (Lipinski definition) is 1. The molecule has 0 saturated heterocycles. The van der Waals surface area contributed by atoms with Gasteiger partial charge in [-0.05, 0) is 0 Å². The van der Waals surface area contributed by atoms with Crippen LogP contribution in [0.25, 0.3) is 0 Å². The Kier molecular flexibility index (Phi) is 1.27. The molecule has 0 aromatic heterocycles. The molecule has 9 heavy (non-hydrogen) atoms. The van der Waals surface area contributed by atoms with Crippen LogP contribution >= 0.6 is 0 Å². The summed E-state index contributed by atoms with van der Waals surface area (Å²) in [5, 5.41) is 1.61. The Hall–Kier alpha value is -0.870. The van der Waals surface area contributed by atoms with Crippen molar-refractivity contribution in [3.8, 4) is 0 Å². The van der Waals surface area contributed by atoms with E-state index >= 15 is 0 Å². The van der Waals surface area contributed by atoms with E-state index in [9.17, 15) is 13.2 Å². The summed E-state index contributed by atoms with van der Waals surface area (Å²) in [5.74, 6) is -2.44. The van der Waals surface area contributed by atoms with E-state index in [4.69, 9.17) is 0 Å². The van der Waals surface area contributed by atoms with E-state index in [1.54, 1.807) is 5.32 Å². The maximum Gasteiger partial charge on any atom is 0.250 e. The molecule has 2 nitrogen and oxygen atoms in total. The van der Waals surface area contributed by atoms with Gasteiger partial charge in [-0.15, -0.1) is 0 Å². The summed E-state index contributed by atoms with van der Waals surface area (Å²) in [6.07, 6.45) is -1.77. The van der Waals surface area contributed by atoms with Gasteiger partial charge in [0.15, 0.2) is 0 Å². The summed E-state index contributed by atoms with van der Waals surface area (Å²) >= 11 is 0. The molecule has 52 valence electrons. The molecule has 0 aromatic rings. The number of rotatable bonds is 0. The number of nitrogens with zero attached hydrogens (tertiary/aromatic N) is 1. The van der Waals surface area contributed by atoms with Gasteiger partial charge in [-0.25, -0.2) is 0 Å². The van der Waals surface area contributed by atoms with E-state index in [2.05, 4.69) is 0 Å².